The van der Waals surface area contributed by atoms with E-state index in [0.29, 0.717) is 67.5 Å². The number of halogens is 3. The second-order valence-corrected chi connectivity index (χ2v) is 11.5. The van der Waals surface area contributed by atoms with Gasteiger partial charge in [0.15, 0.2) is 11.6 Å². The molecule has 1 atom stereocenters. The number of hydrogen-bond donors (Lipinski definition) is 2. The van der Waals surface area contributed by atoms with Crippen LogP contribution in [0.15, 0.2) is 41.4 Å². The fourth-order valence-corrected chi connectivity index (χ4v) is 6.26. The third-order valence-corrected chi connectivity index (χ3v) is 8.69. The number of pyridine rings is 1. The van der Waals surface area contributed by atoms with Gasteiger partial charge in [0, 0.05) is 48.3 Å². The summed E-state index contributed by atoms with van der Waals surface area (Å²) < 4.78 is 46.2. The number of piperidine rings is 1. The maximum atomic E-state index is 13.9. The van der Waals surface area contributed by atoms with Gasteiger partial charge in [0.25, 0.3) is 0 Å². The number of anilines is 1. The Morgan fingerprint density at radius 3 is 2.58 bits per heavy atom. The number of aliphatic hydroxyl groups is 1. The molecule has 1 aliphatic rings. The number of benzene rings is 2. The predicted octanol–water partition coefficient (Wildman–Crippen LogP) is 5.50. The monoisotopic (exact) mass is 577 g/mol. The van der Waals surface area contributed by atoms with Gasteiger partial charge in [-0.25, -0.2) is 13.2 Å². The van der Waals surface area contributed by atoms with Gasteiger partial charge >= 0.3 is 5.97 Å². The molecule has 2 heterocycles. The molecular weight excluding hydrogens is 543 g/mol. The predicted molar refractivity (Wildman–Crippen MR) is 150 cm³/mol. The summed E-state index contributed by atoms with van der Waals surface area (Å²) in [6.45, 7) is 1.56. The fraction of sp³-hybridized carbons (Fsp3) is 0.448. The molecule has 40 heavy (non-hydrogen) atoms. The van der Waals surface area contributed by atoms with Crippen molar-refractivity contribution in [3.05, 3.63) is 59.5 Å². The van der Waals surface area contributed by atoms with E-state index < -0.39 is 34.9 Å². The highest BCUT2D eigenvalue weighted by atomic mass is 32.2. The van der Waals surface area contributed by atoms with Crippen LogP contribution in [0.4, 0.5) is 18.9 Å². The third-order valence-electron chi connectivity index (χ3n) is 7.70. The molecule has 2 aromatic carbocycles. The summed E-state index contributed by atoms with van der Waals surface area (Å²) in [5.41, 5.74) is 1.16. The third kappa shape index (κ3) is 6.47. The van der Waals surface area contributed by atoms with Crippen LogP contribution in [-0.2, 0) is 4.79 Å². The molecule has 2 N–H and O–H groups in total. The first-order valence-electron chi connectivity index (χ1n) is 13.1. The number of fused-ring (bicyclic) bond motifs is 1. The molecule has 1 saturated heterocycles. The van der Waals surface area contributed by atoms with Crippen LogP contribution in [0.1, 0.15) is 37.4 Å². The van der Waals surface area contributed by atoms with E-state index in [1.807, 2.05) is 31.1 Å². The lowest BCUT2D eigenvalue weighted by molar-refractivity contribution is -0.153. The Bertz CT molecular complexity index is 1370. The van der Waals surface area contributed by atoms with E-state index >= 15 is 0 Å². The van der Waals surface area contributed by atoms with E-state index in [9.17, 15) is 28.2 Å². The van der Waals surface area contributed by atoms with E-state index in [0.717, 1.165) is 28.9 Å². The lowest BCUT2D eigenvalue weighted by Gasteiger charge is -2.39. The first-order chi connectivity index (χ1) is 19.0. The minimum Gasteiger partial charge on any atom is -0.497 e. The number of thioether (sulfide) groups is 1. The van der Waals surface area contributed by atoms with Crippen LogP contribution in [0, 0.1) is 22.9 Å². The number of rotatable bonds is 11. The Kier molecular flexibility index (Phi) is 9.48. The van der Waals surface area contributed by atoms with Gasteiger partial charge in [0.05, 0.1) is 36.0 Å². The standard InChI is InChI=1S/C29H34F3N3O4S/c1-34(2)23-17-33-22-5-4-19(39-3)16-20(22)26(23)24(36)6-7-29(28(37)38)8-10-35(11-9-29)12-13-40-25-15-18(30)14-21(31)27(25)32/h4-5,14-17,24,36H,6-13H2,1-3H3,(H,37,38). The number of carboxylic acids is 1. The molecule has 0 bridgehead atoms. The maximum Gasteiger partial charge on any atom is 0.309 e. The summed E-state index contributed by atoms with van der Waals surface area (Å²) in [4.78, 5) is 20.8. The van der Waals surface area contributed by atoms with Crippen LogP contribution in [0.3, 0.4) is 0 Å². The zero-order valence-electron chi connectivity index (χ0n) is 22.8. The van der Waals surface area contributed by atoms with E-state index in [4.69, 9.17) is 4.74 Å². The number of nitrogens with zero attached hydrogens (tertiary/aromatic N) is 3. The number of carbonyl (C=O) groups is 1. The second-order valence-electron chi connectivity index (χ2n) is 10.4. The Morgan fingerprint density at radius 2 is 1.93 bits per heavy atom. The Hall–Kier alpha value is -3.02. The van der Waals surface area contributed by atoms with Crippen molar-refractivity contribution in [3.63, 3.8) is 0 Å². The molecule has 1 aliphatic heterocycles. The number of ether oxygens (including phenoxy) is 1. The number of carboxylic acid groups (broad SMARTS) is 1. The van der Waals surface area contributed by atoms with E-state index in [1.165, 1.54) is 0 Å². The highest BCUT2D eigenvalue weighted by molar-refractivity contribution is 7.99. The largest absolute Gasteiger partial charge is 0.497 e. The number of hydrogen-bond acceptors (Lipinski definition) is 7. The zero-order chi connectivity index (χ0) is 29.0. The van der Waals surface area contributed by atoms with Crippen molar-refractivity contribution in [1.29, 1.82) is 0 Å². The minimum absolute atomic E-state index is 0.0817. The number of aliphatic hydroxyl groups excluding tert-OH is 1. The molecule has 0 aliphatic carbocycles. The molecule has 4 rings (SSSR count). The van der Waals surface area contributed by atoms with Crippen LogP contribution >= 0.6 is 11.8 Å². The average molecular weight is 578 g/mol. The van der Waals surface area contributed by atoms with Gasteiger partial charge in [0.2, 0.25) is 0 Å². The van der Waals surface area contributed by atoms with Crippen molar-refractivity contribution in [2.45, 2.75) is 36.7 Å². The van der Waals surface area contributed by atoms with Crippen molar-refractivity contribution < 1.29 is 32.9 Å². The van der Waals surface area contributed by atoms with Crippen molar-refractivity contribution in [3.8, 4) is 5.75 Å². The van der Waals surface area contributed by atoms with Gasteiger partial charge in [-0.15, -0.1) is 11.8 Å². The number of aromatic nitrogens is 1. The number of methoxy groups -OCH3 is 1. The van der Waals surface area contributed by atoms with Crippen LogP contribution in [-0.4, -0.2) is 72.7 Å². The number of likely N-dealkylation sites (tertiary alicyclic amines) is 1. The topological polar surface area (TPSA) is 86.1 Å². The number of aliphatic carboxylic acids is 1. The van der Waals surface area contributed by atoms with Crippen LogP contribution < -0.4 is 9.64 Å². The molecule has 0 amide bonds. The van der Waals surface area contributed by atoms with E-state index in [2.05, 4.69) is 9.88 Å². The van der Waals surface area contributed by atoms with Gasteiger partial charge in [-0.2, -0.15) is 0 Å². The van der Waals surface area contributed by atoms with Gasteiger partial charge < -0.3 is 24.7 Å². The quantitative estimate of drug-likeness (QED) is 0.228. The average Bonchev–Trinajstić information content (AvgIpc) is 2.93. The zero-order valence-corrected chi connectivity index (χ0v) is 23.6. The van der Waals surface area contributed by atoms with E-state index in [1.54, 1.807) is 19.4 Å². The maximum absolute atomic E-state index is 13.9. The molecule has 11 heteroatoms. The second kappa shape index (κ2) is 12.7. The fourth-order valence-electron chi connectivity index (χ4n) is 5.27. The van der Waals surface area contributed by atoms with Crippen molar-refractivity contribution >= 4 is 34.3 Å². The summed E-state index contributed by atoms with van der Waals surface area (Å²) in [5.74, 6) is -2.96. The van der Waals surface area contributed by atoms with Gasteiger partial charge in [0.1, 0.15) is 11.6 Å². The Labute approximate surface area is 235 Å². The molecule has 216 valence electrons. The summed E-state index contributed by atoms with van der Waals surface area (Å²) in [6, 6.07) is 6.96. The first kappa shape index (κ1) is 30.0. The normalized spacial score (nSPS) is 16.2. The smallest absolute Gasteiger partial charge is 0.309 e. The minimum atomic E-state index is -1.22. The van der Waals surface area contributed by atoms with Crippen LogP contribution in [0.5, 0.6) is 5.75 Å². The highest BCUT2D eigenvalue weighted by Gasteiger charge is 2.41. The van der Waals surface area contributed by atoms with Gasteiger partial charge in [-0.1, -0.05) is 0 Å². The molecule has 0 saturated carbocycles. The van der Waals surface area contributed by atoms with Crippen molar-refractivity contribution in [1.82, 2.24) is 9.88 Å². The van der Waals surface area contributed by atoms with Crippen LogP contribution in [0.25, 0.3) is 10.9 Å². The summed E-state index contributed by atoms with van der Waals surface area (Å²) >= 11 is 1.03. The molecule has 7 nitrogen and oxygen atoms in total. The lowest BCUT2D eigenvalue weighted by Crippen LogP contribution is -2.45. The summed E-state index contributed by atoms with van der Waals surface area (Å²) in [5, 5.41) is 22.3. The Balaban J connectivity index is 1.41. The van der Waals surface area contributed by atoms with Crippen molar-refractivity contribution in [2.24, 2.45) is 5.41 Å². The molecule has 0 radical (unpaired) electrons. The van der Waals surface area contributed by atoms with E-state index in [-0.39, 0.29) is 11.3 Å². The van der Waals surface area contributed by atoms with Gasteiger partial charge in [-0.05, 0) is 63.0 Å². The molecule has 1 fully saturated rings. The molecule has 1 unspecified atom stereocenters. The SMILES string of the molecule is COc1ccc2ncc(N(C)C)c(C(O)CCC3(C(=O)O)CCN(CCSc4cc(F)cc(F)c4F)CC3)c2c1. The van der Waals surface area contributed by atoms with Crippen LogP contribution in [0.2, 0.25) is 0 Å². The lowest BCUT2D eigenvalue weighted by atomic mass is 9.74. The summed E-state index contributed by atoms with van der Waals surface area (Å²) in [7, 11) is 5.30. The summed E-state index contributed by atoms with van der Waals surface area (Å²) in [6.07, 6.45) is 2.13. The Morgan fingerprint density at radius 1 is 1.20 bits per heavy atom. The molecule has 3 aromatic rings. The van der Waals surface area contributed by atoms with Crippen molar-refractivity contribution in [2.75, 3.05) is 51.5 Å². The molecule has 0 spiro atoms. The first-order valence-corrected chi connectivity index (χ1v) is 14.1. The van der Waals surface area contributed by atoms with Gasteiger partial charge in [-0.3, -0.25) is 9.78 Å². The molecule has 1 aromatic heterocycles. The highest BCUT2D eigenvalue weighted by Crippen LogP contribution is 2.41. The molecular formula is C29H34F3N3O4S.